The number of carbonyl (C=O) groups is 1. The van der Waals surface area contributed by atoms with E-state index in [9.17, 15) is 14.9 Å². The number of nitro benzene ring substituents is 1. The Morgan fingerprint density at radius 1 is 1.50 bits per heavy atom. The zero-order valence-corrected chi connectivity index (χ0v) is 13.2. The Labute approximate surface area is 129 Å². The van der Waals surface area contributed by atoms with Crippen LogP contribution in [0.2, 0.25) is 5.02 Å². The molecule has 0 aromatic heterocycles. The van der Waals surface area contributed by atoms with Gasteiger partial charge in [-0.15, -0.1) is 0 Å². The SMILES string of the molecule is COCCN(CCBr)C(=O)c1ccc(Cl)cc1[N+](=O)[O-]. The summed E-state index contributed by atoms with van der Waals surface area (Å²) >= 11 is 8.99. The molecular formula is C12H14BrClN2O4. The lowest BCUT2D eigenvalue weighted by Gasteiger charge is -2.21. The van der Waals surface area contributed by atoms with Gasteiger partial charge in [0, 0.05) is 36.6 Å². The van der Waals surface area contributed by atoms with Gasteiger partial charge in [-0.3, -0.25) is 14.9 Å². The minimum Gasteiger partial charge on any atom is -0.383 e. The highest BCUT2D eigenvalue weighted by molar-refractivity contribution is 9.09. The van der Waals surface area contributed by atoms with Crippen molar-refractivity contribution in [2.75, 3.05) is 32.1 Å². The van der Waals surface area contributed by atoms with Crippen LogP contribution in [0.3, 0.4) is 0 Å². The number of alkyl halides is 1. The van der Waals surface area contributed by atoms with E-state index in [0.29, 0.717) is 25.0 Å². The second-order valence-corrected chi connectivity index (χ2v) is 5.12. The molecular weight excluding hydrogens is 351 g/mol. The Kier molecular flexibility index (Phi) is 6.90. The summed E-state index contributed by atoms with van der Waals surface area (Å²) in [4.78, 5) is 24.3. The average Bonchev–Trinajstić information content (AvgIpc) is 2.42. The lowest BCUT2D eigenvalue weighted by Crippen LogP contribution is -2.35. The van der Waals surface area contributed by atoms with Crippen molar-refractivity contribution in [3.05, 3.63) is 38.9 Å². The summed E-state index contributed by atoms with van der Waals surface area (Å²) < 4.78 is 4.94. The van der Waals surface area contributed by atoms with Crippen LogP contribution in [0.5, 0.6) is 0 Å². The first-order valence-electron chi connectivity index (χ1n) is 5.79. The Morgan fingerprint density at radius 2 is 2.20 bits per heavy atom. The van der Waals surface area contributed by atoms with Crippen LogP contribution in [0.15, 0.2) is 18.2 Å². The molecule has 0 bridgehead atoms. The maximum atomic E-state index is 12.4. The minimum absolute atomic E-state index is 0.0245. The van der Waals surface area contributed by atoms with Gasteiger partial charge >= 0.3 is 0 Å². The summed E-state index contributed by atoms with van der Waals surface area (Å²) in [5, 5.41) is 11.8. The van der Waals surface area contributed by atoms with Gasteiger partial charge in [0.1, 0.15) is 5.56 Å². The predicted octanol–water partition coefficient (Wildman–Crippen LogP) is 2.73. The molecule has 0 aliphatic rings. The lowest BCUT2D eigenvalue weighted by molar-refractivity contribution is -0.385. The van der Waals surface area contributed by atoms with Crippen LogP contribution in [0.4, 0.5) is 5.69 Å². The summed E-state index contributed by atoms with van der Waals surface area (Å²) in [6.45, 7) is 1.16. The number of rotatable bonds is 7. The van der Waals surface area contributed by atoms with Gasteiger partial charge in [0.15, 0.2) is 0 Å². The molecule has 8 heteroatoms. The molecule has 0 spiro atoms. The van der Waals surface area contributed by atoms with Crippen molar-refractivity contribution in [2.24, 2.45) is 0 Å². The number of nitro groups is 1. The van der Waals surface area contributed by atoms with Gasteiger partial charge < -0.3 is 9.64 Å². The summed E-state index contributed by atoms with van der Waals surface area (Å²) in [7, 11) is 1.53. The molecule has 6 nitrogen and oxygen atoms in total. The van der Waals surface area contributed by atoms with Crippen LogP contribution in [0, 0.1) is 10.1 Å². The average molecular weight is 366 g/mol. The highest BCUT2D eigenvalue weighted by Crippen LogP contribution is 2.24. The summed E-state index contributed by atoms with van der Waals surface area (Å²) in [5.41, 5.74) is -0.268. The Morgan fingerprint density at radius 3 is 2.75 bits per heavy atom. The zero-order chi connectivity index (χ0) is 15.1. The molecule has 0 atom stereocenters. The standard InChI is InChI=1S/C12H14BrClN2O4/c1-20-7-6-15(5-4-13)12(17)10-3-2-9(14)8-11(10)16(18)19/h2-3,8H,4-7H2,1H3. The molecule has 0 unspecified atom stereocenters. The van der Waals surface area contributed by atoms with Crippen molar-refractivity contribution in [3.63, 3.8) is 0 Å². The number of benzene rings is 1. The van der Waals surface area contributed by atoms with Crippen LogP contribution in [-0.4, -0.2) is 47.9 Å². The second kappa shape index (κ2) is 8.18. The fourth-order valence-electron chi connectivity index (χ4n) is 1.63. The molecule has 1 rings (SSSR count). The molecule has 0 heterocycles. The van der Waals surface area contributed by atoms with Gasteiger partial charge in [0.05, 0.1) is 11.5 Å². The molecule has 0 aliphatic heterocycles. The third kappa shape index (κ3) is 4.43. The molecule has 0 radical (unpaired) electrons. The van der Waals surface area contributed by atoms with Gasteiger partial charge in [-0.2, -0.15) is 0 Å². The van der Waals surface area contributed by atoms with Crippen LogP contribution >= 0.6 is 27.5 Å². The maximum absolute atomic E-state index is 12.4. The lowest BCUT2D eigenvalue weighted by atomic mass is 10.1. The van der Waals surface area contributed by atoms with Crippen molar-refractivity contribution in [1.29, 1.82) is 0 Å². The van der Waals surface area contributed by atoms with E-state index in [4.69, 9.17) is 16.3 Å². The molecule has 1 aromatic rings. The van der Waals surface area contributed by atoms with Crippen LogP contribution in [0.25, 0.3) is 0 Å². The topological polar surface area (TPSA) is 72.7 Å². The molecule has 20 heavy (non-hydrogen) atoms. The minimum atomic E-state index is -0.609. The largest absolute Gasteiger partial charge is 0.383 e. The van der Waals surface area contributed by atoms with E-state index in [2.05, 4.69) is 15.9 Å². The summed E-state index contributed by atoms with van der Waals surface area (Å²) in [5.74, 6) is -0.412. The van der Waals surface area contributed by atoms with E-state index in [1.807, 2.05) is 0 Å². The maximum Gasteiger partial charge on any atom is 0.283 e. The molecule has 1 amide bonds. The van der Waals surface area contributed by atoms with Crippen molar-refractivity contribution in [1.82, 2.24) is 4.90 Å². The molecule has 0 saturated heterocycles. The molecule has 0 N–H and O–H groups in total. The number of hydrogen-bond acceptors (Lipinski definition) is 4. The fraction of sp³-hybridized carbons (Fsp3) is 0.417. The zero-order valence-electron chi connectivity index (χ0n) is 10.8. The smallest absolute Gasteiger partial charge is 0.283 e. The van der Waals surface area contributed by atoms with E-state index in [1.165, 1.54) is 30.2 Å². The van der Waals surface area contributed by atoms with Crippen molar-refractivity contribution in [2.45, 2.75) is 0 Å². The van der Waals surface area contributed by atoms with Gasteiger partial charge in [0.25, 0.3) is 11.6 Å². The van der Waals surface area contributed by atoms with Crippen LogP contribution in [-0.2, 0) is 4.74 Å². The summed E-state index contributed by atoms with van der Waals surface area (Å²) in [6.07, 6.45) is 0. The number of carbonyl (C=O) groups excluding carboxylic acids is 1. The first-order chi connectivity index (χ1) is 9.51. The van der Waals surface area contributed by atoms with Gasteiger partial charge in [-0.1, -0.05) is 27.5 Å². The number of ether oxygens (including phenoxy) is 1. The fourth-order valence-corrected chi connectivity index (χ4v) is 2.22. The van der Waals surface area contributed by atoms with Crippen molar-refractivity contribution >= 4 is 39.1 Å². The van der Waals surface area contributed by atoms with E-state index in [1.54, 1.807) is 0 Å². The van der Waals surface area contributed by atoms with Gasteiger partial charge in [0.2, 0.25) is 0 Å². The monoisotopic (exact) mass is 364 g/mol. The number of methoxy groups -OCH3 is 1. The quantitative estimate of drug-likeness (QED) is 0.423. The van der Waals surface area contributed by atoms with E-state index in [-0.39, 0.29) is 16.3 Å². The predicted molar refractivity (Wildman–Crippen MR) is 79.7 cm³/mol. The molecule has 0 saturated carbocycles. The third-order valence-corrected chi connectivity index (χ3v) is 3.18. The van der Waals surface area contributed by atoms with E-state index >= 15 is 0 Å². The third-order valence-electron chi connectivity index (χ3n) is 2.59. The second-order valence-electron chi connectivity index (χ2n) is 3.89. The molecule has 110 valence electrons. The molecule has 0 fully saturated rings. The Hall–Kier alpha value is -1.18. The van der Waals surface area contributed by atoms with Gasteiger partial charge in [-0.25, -0.2) is 0 Å². The Balaban J connectivity index is 3.07. The highest BCUT2D eigenvalue weighted by atomic mass is 79.9. The first-order valence-corrected chi connectivity index (χ1v) is 7.29. The van der Waals surface area contributed by atoms with Crippen LogP contribution < -0.4 is 0 Å². The number of hydrogen-bond donors (Lipinski definition) is 0. The van der Waals surface area contributed by atoms with E-state index < -0.39 is 10.8 Å². The normalized spacial score (nSPS) is 10.3. The molecule has 1 aromatic carbocycles. The Bertz CT molecular complexity index is 498. The number of halogens is 2. The van der Waals surface area contributed by atoms with Crippen molar-refractivity contribution < 1.29 is 14.5 Å². The highest BCUT2D eigenvalue weighted by Gasteiger charge is 2.24. The van der Waals surface area contributed by atoms with Crippen LogP contribution in [0.1, 0.15) is 10.4 Å². The number of nitrogens with zero attached hydrogens (tertiary/aromatic N) is 2. The van der Waals surface area contributed by atoms with Crippen molar-refractivity contribution in [3.8, 4) is 0 Å². The van der Waals surface area contributed by atoms with E-state index in [0.717, 1.165) is 0 Å². The molecule has 0 aliphatic carbocycles. The summed E-state index contributed by atoms with van der Waals surface area (Å²) in [6, 6.07) is 4.01. The number of amides is 1. The van der Waals surface area contributed by atoms with Gasteiger partial charge in [-0.05, 0) is 12.1 Å². The first kappa shape index (κ1) is 16.9.